The first-order valence-corrected chi connectivity index (χ1v) is 7.03. The predicted molar refractivity (Wildman–Crippen MR) is 86.4 cm³/mol. The highest BCUT2D eigenvalue weighted by Crippen LogP contribution is 2.15. The van der Waals surface area contributed by atoms with Crippen LogP contribution in [-0.2, 0) is 0 Å². The topological polar surface area (TPSA) is 62.5 Å². The van der Waals surface area contributed by atoms with Crippen LogP contribution in [0.2, 0.25) is 0 Å². The molecule has 3 aromatic rings. The van der Waals surface area contributed by atoms with Crippen molar-refractivity contribution in [1.82, 2.24) is 14.4 Å². The molecule has 23 heavy (non-hydrogen) atoms. The van der Waals surface area contributed by atoms with Crippen LogP contribution in [0.15, 0.2) is 36.8 Å². The Morgan fingerprint density at radius 1 is 1.30 bits per heavy atom. The van der Waals surface area contributed by atoms with Crippen molar-refractivity contribution in [2.45, 2.75) is 6.92 Å². The average molecular weight is 313 g/mol. The summed E-state index contributed by atoms with van der Waals surface area (Å²) >= 11 is 0. The summed E-state index contributed by atoms with van der Waals surface area (Å²) in [6.07, 6.45) is 4.62. The number of rotatable bonds is 3. The molecule has 3 heterocycles. The van der Waals surface area contributed by atoms with Gasteiger partial charge in [-0.15, -0.1) is 0 Å². The molecule has 1 N–H and O–H groups in total. The fraction of sp³-hybridized carbons (Fsp3) is 0.188. The summed E-state index contributed by atoms with van der Waals surface area (Å²) in [4.78, 5) is 22.4. The van der Waals surface area contributed by atoms with Crippen LogP contribution in [0, 0.1) is 12.7 Å². The number of fused-ring (bicyclic) bond motifs is 1. The van der Waals surface area contributed by atoms with Crippen LogP contribution in [0.3, 0.4) is 0 Å². The van der Waals surface area contributed by atoms with Gasteiger partial charge in [-0.25, -0.2) is 14.4 Å². The van der Waals surface area contributed by atoms with Gasteiger partial charge in [0.05, 0.1) is 11.9 Å². The number of hydrogen-bond donors (Lipinski definition) is 1. The van der Waals surface area contributed by atoms with Gasteiger partial charge in [-0.3, -0.25) is 4.79 Å². The molecule has 0 radical (unpaired) electrons. The van der Waals surface area contributed by atoms with Gasteiger partial charge in [-0.2, -0.15) is 0 Å². The highest BCUT2D eigenvalue weighted by Gasteiger charge is 2.13. The summed E-state index contributed by atoms with van der Waals surface area (Å²) in [5, 5.41) is 2.62. The van der Waals surface area contributed by atoms with Crippen LogP contribution in [-0.4, -0.2) is 34.4 Å². The van der Waals surface area contributed by atoms with E-state index >= 15 is 0 Å². The highest BCUT2D eigenvalue weighted by atomic mass is 19.1. The highest BCUT2D eigenvalue weighted by molar-refractivity contribution is 6.02. The van der Waals surface area contributed by atoms with E-state index < -0.39 is 11.7 Å². The molecule has 3 aromatic heterocycles. The van der Waals surface area contributed by atoms with Gasteiger partial charge in [0.1, 0.15) is 23.0 Å². The zero-order chi connectivity index (χ0) is 16.6. The molecule has 0 aliphatic carbocycles. The minimum atomic E-state index is -0.410. The van der Waals surface area contributed by atoms with Crippen LogP contribution in [0.4, 0.5) is 15.9 Å². The first-order chi connectivity index (χ1) is 10.9. The van der Waals surface area contributed by atoms with Gasteiger partial charge in [-0.1, -0.05) is 0 Å². The van der Waals surface area contributed by atoms with Gasteiger partial charge in [-0.05, 0) is 30.7 Å². The lowest BCUT2D eigenvalue weighted by Crippen LogP contribution is -2.13. The maximum absolute atomic E-state index is 13.2. The SMILES string of the molecule is Cc1cc(NC(=O)c2cn3cc(N(C)C)ccc3n2)ncc1F. The number of nitrogens with one attached hydrogen (secondary N) is 1. The van der Waals surface area contributed by atoms with Crippen molar-refractivity contribution >= 4 is 23.1 Å². The standard InChI is InChI=1S/C16H16FN5O/c1-10-6-14(18-7-12(10)17)20-16(23)13-9-22-8-11(21(2)3)4-5-15(22)19-13/h4-9H,1-3H3,(H,18,20,23). The molecule has 0 saturated carbocycles. The molecule has 1 amide bonds. The number of nitrogens with zero attached hydrogens (tertiary/aromatic N) is 4. The van der Waals surface area contributed by atoms with Crippen molar-refractivity contribution in [2.24, 2.45) is 0 Å². The molecule has 0 saturated heterocycles. The molecular formula is C16H16FN5O. The quantitative estimate of drug-likeness (QED) is 0.807. The Kier molecular flexibility index (Phi) is 3.69. The number of carbonyl (C=O) groups excluding carboxylic acids is 1. The minimum absolute atomic E-state index is 0.268. The number of amides is 1. The smallest absolute Gasteiger partial charge is 0.277 e. The lowest BCUT2D eigenvalue weighted by Gasteiger charge is -2.11. The molecule has 0 fully saturated rings. The van der Waals surface area contributed by atoms with E-state index in [9.17, 15) is 9.18 Å². The van der Waals surface area contributed by atoms with E-state index in [-0.39, 0.29) is 5.69 Å². The third-order valence-corrected chi connectivity index (χ3v) is 3.47. The Morgan fingerprint density at radius 2 is 2.09 bits per heavy atom. The number of hydrogen-bond acceptors (Lipinski definition) is 4. The number of anilines is 2. The van der Waals surface area contributed by atoms with Gasteiger partial charge in [0, 0.05) is 26.5 Å². The van der Waals surface area contributed by atoms with Gasteiger partial charge < -0.3 is 14.6 Å². The molecule has 0 spiro atoms. The fourth-order valence-electron chi connectivity index (χ4n) is 2.14. The number of carbonyl (C=O) groups is 1. The monoisotopic (exact) mass is 313 g/mol. The van der Waals surface area contributed by atoms with Crippen molar-refractivity contribution in [3.05, 3.63) is 53.9 Å². The molecule has 0 bridgehead atoms. The summed E-state index contributed by atoms with van der Waals surface area (Å²) in [7, 11) is 3.88. The van der Waals surface area contributed by atoms with E-state index in [0.717, 1.165) is 11.9 Å². The van der Waals surface area contributed by atoms with Crippen LogP contribution in [0.1, 0.15) is 16.1 Å². The van der Waals surface area contributed by atoms with Crippen LogP contribution in [0.5, 0.6) is 0 Å². The lowest BCUT2D eigenvalue weighted by molar-refractivity contribution is 0.102. The van der Waals surface area contributed by atoms with E-state index in [2.05, 4.69) is 15.3 Å². The summed E-state index contributed by atoms with van der Waals surface area (Å²) in [6.45, 7) is 1.61. The third kappa shape index (κ3) is 2.98. The van der Waals surface area contributed by atoms with Crippen molar-refractivity contribution in [3.63, 3.8) is 0 Å². The van der Waals surface area contributed by atoms with Crippen molar-refractivity contribution in [1.29, 1.82) is 0 Å². The summed E-state index contributed by atoms with van der Waals surface area (Å²) in [6, 6.07) is 5.24. The van der Waals surface area contributed by atoms with E-state index in [1.54, 1.807) is 17.5 Å². The first kappa shape index (κ1) is 15.0. The maximum atomic E-state index is 13.2. The molecule has 0 aliphatic rings. The molecule has 6 nitrogen and oxygen atoms in total. The molecule has 7 heteroatoms. The number of aryl methyl sites for hydroxylation is 1. The molecule has 0 atom stereocenters. The first-order valence-electron chi connectivity index (χ1n) is 7.03. The molecule has 0 aromatic carbocycles. The largest absolute Gasteiger partial charge is 0.376 e. The van der Waals surface area contributed by atoms with Gasteiger partial charge in [0.2, 0.25) is 0 Å². The Morgan fingerprint density at radius 3 is 2.78 bits per heavy atom. The fourth-order valence-corrected chi connectivity index (χ4v) is 2.14. The summed E-state index contributed by atoms with van der Waals surface area (Å²) in [5.41, 5.74) is 2.35. The zero-order valence-electron chi connectivity index (χ0n) is 13.0. The average Bonchev–Trinajstić information content (AvgIpc) is 2.94. The molecule has 3 rings (SSSR count). The van der Waals surface area contributed by atoms with Gasteiger partial charge in [0.15, 0.2) is 0 Å². The molecule has 0 unspecified atom stereocenters. The minimum Gasteiger partial charge on any atom is -0.376 e. The number of aromatic nitrogens is 3. The van der Waals surface area contributed by atoms with Crippen molar-refractivity contribution < 1.29 is 9.18 Å². The van der Waals surface area contributed by atoms with Crippen LogP contribution in [0.25, 0.3) is 5.65 Å². The van der Waals surface area contributed by atoms with Gasteiger partial charge in [0.25, 0.3) is 5.91 Å². The van der Waals surface area contributed by atoms with E-state index in [1.807, 2.05) is 37.3 Å². The summed E-state index contributed by atoms with van der Waals surface area (Å²) < 4.78 is 15.0. The van der Waals surface area contributed by atoms with Crippen LogP contribution < -0.4 is 10.2 Å². The molecule has 0 aliphatic heterocycles. The lowest BCUT2D eigenvalue weighted by atomic mass is 10.3. The normalized spacial score (nSPS) is 10.8. The second-order valence-electron chi connectivity index (χ2n) is 5.45. The van der Waals surface area contributed by atoms with Crippen molar-refractivity contribution in [2.75, 3.05) is 24.3 Å². The molecule has 118 valence electrons. The Hall–Kier alpha value is -2.96. The summed E-state index contributed by atoms with van der Waals surface area (Å²) in [5.74, 6) is -0.509. The maximum Gasteiger partial charge on any atom is 0.277 e. The Bertz CT molecular complexity index is 887. The van der Waals surface area contributed by atoms with Crippen LogP contribution >= 0.6 is 0 Å². The number of pyridine rings is 2. The number of halogens is 1. The Balaban J connectivity index is 1.87. The van der Waals surface area contributed by atoms with E-state index in [0.29, 0.717) is 17.0 Å². The number of imidazole rings is 1. The molecular weight excluding hydrogens is 297 g/mol. The van der Waals surface area contributed by atoms with E-state index in [1.165, 1.54) is 6.07 Å². The second kappa shape index (κ2) is 5.68. The zero-order valence-corrected chi connectivity index (χ0v) is 13.0. The Labute approximate surface area is 132 Å². The van der Waals surface area contributed by atoms with Crippen molar-refractivity contribution in [3.8, 4) is 0 Å². The van der Waals surface area contributed by atoms with E-state index in [4.69, 9.17) is 0 Å². The van der Waals surface area contributed by atoms with Gasteiger partial charge >= 0.3 is 0 Å². The predicted octanol–water partition coefficient (Wildman–Crippen LogP) is 2.50. The second-order valence-corrected chi connectivity index (χ2v) is 5.45. The third-order valence-electron chi connectivity index (χ3n) is 3.47.